The van der Waals surface area contributed by atoms with Gasteiger partial charge in [-0.2, -0.15) is 0 Å². The van der Waals surface area contributed by atoms with Crippen LogP contribution in [0.15, 0.2) is 0 Å². The topological polar surface area (TPSA) is 47.6 Å². The molecule has 0 unspecified atom stereocenters. The number of nitrogens with one attached hydrogen (secondary N) is 1. The summed E-state index contributed by atoms with van der Waals surface area (Å²) < 4.78 is 10.4. The minimum Gasteiger partial charge on any atom is -0.463 e. The van der Waals surface area contributed by atoms with Gasteiger partial charge in [0.15, 0.2) is 0 Å². The van der Waals surface area contributed by atoms with Crippen LogP contribution in [0, 0.1) is 11.8 Å². The molecule has 0 amide bonds. The first-order valence-electron chi connectivity index (χ1n) is 5.60. The Morgan fingerprint density at radius 3 is 2.67 bits per heavy atom. The SMILES string of the molecule is CC(C)OCCOC(=O)[C@@H]1CNC[C@H]1C. The van der Waals surface area contributed by atoms with Gasteiger partial charge in [0.05, 0.1) is 18.6 Å². The summed E-state index contributed by atoms with van der Waals surface area (Å²) in [6, 6.07) is 0. The molecule has 1 heterocycles. The molecule has 0 aromatic heterocycles. The van der Waals surface area contributed by atoms with Crippen molar-refractivity contribution >= 4 is 5.97 Å². The van der Waals surface area contributed by atoms with E-state index >= 15 is 0 Å². The predicted octanol–water partition coefficient (Wildman–Crippen LogP) is 0.810. The quantitative estimate of drug-likeness (QED) is 0.544. The Labute approximate surface area is 91.3 Å². The van der Waals surface area contributed by atoms with Gasteiger partial charge in [-0.25, -0.2) is 0 Å². The number of hydrogen-bond donors (Lipinski definition) is 1. The van der Waals surface area contributed by atoms with E-state index in [0.717, 1.165) is 13.1 Å². The average Bonchev–Trinajstić information content (AvgIpc) is 2.58. The normalized spacial score (nSPS) is 25.9. The Morgan fingerprint density at radius 1 is 1.40 bits per heavy atom. The zero-order valence-electron chi connectivity index (χ0n) is 9.79. The van der Waals surface area contributed by atoms with Gasteiger partial charge in [-0.05, 0) is 26.3 Å². The standard InChI is InChI=1S/C11H21NO3/c1-8(2)14-4-5-15-11(13)10-7-12-6-9(10)3/h8-10,12H,4-7H2,1-3H3/t9-,10-/m1/s1. The molecule has 0 aromatic rings. The molecule has 15 heavy (non-hydrogen) atoms. The van der Waals surface area contributed by atoms with E-state index in [2.05, 4.69) is 12.2 Å². The van der Waals surface area contributed by atoms with Crippen LogP contribution in [0.5, 0.6) is 0 Å². The molecule has 1 aliphatic rings. The summed E-state index contributed by atoms with van der Waals surface area (Å²) in [5, 5.41) is 3.18. The number of hydrogen-bond acceptors (Lipinski definition) is 4. The van der Waals surface area contributed by atoms with E-state index < -0.39 is 0 Å². The summed E-state index contributed by atoms with van der Waals surface area (Å²) in [5.74, 6) is 0.299. The van der Waals surface area contributed by atoms with Gasteiger partial charge in [0.25, 0.3) is 0 Å². The number of esters is 1. The van der Waals surface area contributed by atoms with Gasteiger partial charge in [-0.3, -0.25) is 4.79 Å². The second-order valence-electron chi connectivity index (χ2n) is 4.33. The molecule has 4 heteroatoms. The molecule has 0 bridgehead atoms. The predicted molar refractivity (Wildman–Crippen MR) is 57.6 cm³/mol. The van der Waals surface area contributed by atoms with Gasteiger partial charge in [0, 0.05) is 6.54 Å². The van der Waals surface area contributed by atoms with Gasteiger partial charge in [-0.15, -0.1) is 0 Å². The van der Waals surface area contributed by atoms with Gasteiger partial charge < -0.3 is 14.8 Å². The highest BCUT2D eigenvalue weighted by atomic mass is 16.6. The lowest BCUT2D eigenvalue weighted by Gasteiger charge is -2.14. The zero-order chi connectivity index (χ0) is 11.3. The van der Waals surface area contributed by atoms with E-state index in [1.54, 1.807) is 0 Å². The van der Waals surface area contributed by atoms with Crippen molar-refractivity contribution in [2.45, 2.75) is 26.9 Å². The van der Waals surface area contributed by atoms with E-state index in [-0.39, 0.29) is 18.0 Å². The molecule has 1 N–H and O–H groups in total. The molecule has 4 nitrogen and oxygen atoms in total. The van der Waals surface area contributed by atoms with Crippen LogP contribution in [0.1, 0.15) is 20.8 Å². The first kappa shape index (κ1) is 12.5. The molecule has 2 atom stereocenters. The minimum absolute atomic E-state index is 0.0176. The fraction of sp³-hybridized carbons (Fsp3) is 0.909. The summed E-state index contributed by atoms with van der Waals surface area (Å²) in [6.07, 6.45) is 0.191. The van der Waals surface area contributed by atoms with E-state index in [9.17, 15) is 4.79 Å². The van der Waals surface area contributed by atoms with Crippen molar-refractivity contribution in [3.05, 3.63) is 0 Å². The highest BCUT2D eigenvalue weighted by molar-refractivity contribution is 5.73. The lowest BCUT2D eigenvalue weighted by Crippen LogP contribution is -2.25. The van der Waals surface area contributed by atoms with Gasteiger partial charge >= 0.3 is 5.97 Å². The average molecular weight is 215 g/mol. The number of carbonyl (C=O) groups excluding carboxylic acids is 1. The Hall–Kier alpha value is -0.610. The van der Waals surface area contributed by atoms with Gasteiger partial charge in [0.2, 0.25) is 0 Å². The Balaban J connectivity index is 2.13. The van der Waals surface area contributed by atoms with E-state index in [4.69, 9.17) is 9.47 Å². The van der Waals surface area contributed by atoms with Crippen LogP contribution in [-0.4, -0.2) is 38.4 Å². The molecule has 1 aliphatic heterocycles. The molecule has 0 saturated carbocycles. The van der Waals surface area contributed by atoms with Crippen LogP contribution in [0.2, 0.25) is 0 Å². The first-order valence-corrected chi connectivity index (χ1v) is 5.60. The first-order chi connectivity index (χ1) is 7.11. The molecule has 0 aromatic carbocycles. The molecule has 0 spiro atoms. The van der Waals surface area contributed by atoms with E-state index in [1.807, 2.05) is 13.8 Å². The monoisotopic (exact) mass is 215 g/mol. The Bertz CT molecular complexity index is 206. The summed E-state index contributed by atoms with van der Waals surface area (Å²) in [5.41, 5.74) is 0. The maximum absolute atomic E-state index is 11.6. The van der Waals surface area contributed by atoms with Gasteiger partial charge in [-0.1, -0.05) is 6.92 Å². The lowest BCUT2D eigenvalue weighted by atomic mass is 9.99. The molecular formula is C11H21NO3. The van der Waals surface area contributed by atoms with Crippen LogP contribution >= 0.6 is 0 Å². The minimum atomic E-state index is -0.0974. The fourth-order valence-corrected chi connectivity index (χ4v) is 1.66. The zero-order valence-corrected chi connectivity index (χ0v) is 9.79. The van der Waals surface area contributed by atoms with Gasteiger partial charge in [0.1, 0.15) is 6.61 Å². The van der Waals surface area contributed by atoms with Crippen LogP contribution in [0.3, 0.4) is 0 Å². The van der Waals surface area contributed by atoms with Crippen LogP contribution in [-0.2, 0) is 14.3 Å². The van der Waals surface area contributed by atoms with Crippen molar-refractivity contribution in [1.29, 1.82) is 0 Å². The lowest BCUT2D eigenvalue weighted by molar-refractivity contribution is -0.151. The smallest absolute Gasteiger partial charge is 0.310 e. The maximum Gasteiger partial charge on any atom is 0.310 e. The molecule has 0 radical (unpaired) electrons. The molecule has 88 valence electrons. The van der Waals surface area contributed by atoms with Crippen molar-refractivity contribution in [3.63, 3.8) is 0 Å². The Morgan fingerprint density at radius 2 is 2.13 bits per heavy atom. The maximum atomic E-state index is 11.6. The second-order valence-corrected chi connectivity index (χ2v) is 4.33. The number of ether oxygens (including phenoxy) is 2. The highest BCUT2D eigenvalue weighted by Crippen LogP contribution is 2.16. The van der Waals surface area contributed by atoms with Crippen molar-refractivity contribution in [1.82, 2.24) is 5.32 Å². The molecule has 1 saturated heterocycles. The molecule has 1 rings (SSSR count). The molecule has 0 aliphatic carbocycles. The second kappa shape index (κ2) is 6.08. The number of rotatable bonds is 5. The summed E-state index contributed by atoms with van der Waals surface area (Å²) >= 11 is 0. The van der Waals surface area contributed by atoms with Crippen LogP contribution in [0.25, 0.3) is 0 Å². The molecular weight excluding hydrogens is 194 g/mol. The summed E-state index contributed by atoms with van der Waals surface area (Å²) in [7, 11) is 0. The Kier molecular flexibility index (Phi) is 5.05. The van der Waals surface area contributed by atoms with Crippen LogP contribution < -0.4 is 5.32 Å². The van der Waals surface area contributed by atoms with E-state index in [0.29, 0.717) is 19.1 Å². The highest BCUT2D eigenvalue weighted by Gasteiger charge is 2.30. The summed E-state index contributed by atoms with van der Waals surface area (Å²) in [4.78, 5) is 11.6. The van der Waals surface area contributed by atoms with Crippen molar-refractivity contribution < 1.29 is 14.3 Å². The van der Waals surface area contributed by atoms with Crippen molar-refractivity contribution in [2.24, 2.45) is 11.8 Å². The summed E-state index contributed by atoms with van der Waals surface area (Å²) in [6.45, 7) is 8.48. The third-order valence-corrected chi connectivity index (χ3v) is 2.60. The number of carbonyl (C=O) groups is 1. The fourth-order valence-electron chi connectivity index (χ4n) is 1.66. The van der Waals surface area contributed by atoms with Crippen molar-refractivity contribution in [2.75, 3.05) is 26.3 Å². The van der Waals surface area contributed by atoms with Crippen LogP contribution in [0.4, 0.5) is 0 Å². The third-order valence-electron chi connectivity index (χ3n) is 2.60. The van der Waals surface area contributed by atoms with E-state index in [1.165, 1.54) is 0 Å². The molecule has 1 fully saturated rings. The largest absolute Gasteiger partial charge is 0.463 e. The third kappa shape index (κ3) is 4.18. The van der Waals surface area contributed by atoms with Crippen molar-refractivity contribution in [3.8, 4) is 0 Å².